The smallest absolute Gasteiger partial charge is 0.303 e. The van der Waals surface area contributed by atoms with E-state index in [1.54, 1.807) is 0 Å². The first-order valence-electron chi connectivity index (χ1n) is 11.2. The van der Waals surface area contributed by atoms with Crippen LogP contribution in [0.25, 0.3) is 0 Å². The molecule has 0 heterocycles. The number of hydrogen-bond donors (Lipinski definition) is 2. The number of phenolic OH excluding ortho intramolecular Hbond substituents is 1. The van der Waals surface area contributed by atoms with Crippen molar-refractivity contribution in [2.45, 2.75) is 115 Å². The monoisotopic (exact) mass is 422 g/mol. The van der Waals surface area contributed by atoms with E-state index in [1.165, 1.54) is 37.0 Å². The molecular weight excluding hydrogens is 380 g/mol. The standard InChI is InChI=1S/C25H42O3S/c1-24(2,3)20-17-19(18-21(23(20)28)25(4,5)6)29-16-14-12-10-8-7-9-11-13-15-22(26)27/h17-18,28H,7-16H2,1-6H3,(H,26,27). The van der Waals surface area contributed by atoms with E-state index in [1.807, 2.05) is 11.8 Å². The molecule has 1 aromatic rings. The van der Waals surface area contributed by atoms with Crippen LogP contribution in [0.4, 0.5) is 0 Å². The van der Waals surface area contributed by atoms with Gasteiger partial charge in [0, 0.05) is 22.4 Å². The Morgan fingerprint density at radius 1 is 0.793 bits per heavy atom. The van der Waals surface area contributed by atoms with Crippen LogP contribution < -0.4 is 0 Å². The number of phenols is 1. The Balaban J connectivity index is 2.42. The minimum absolute atomic E-state index is 0.0783. The number of carboxylic acid groups (broad SMARTS) is 1. The van der Waals surface area contributed by atoms with Crippen LogP contribution in [-0.4, -0.2) is 21.9 Å². The summed E-state index contributed by atoms with van der Waals surface area (Å²) in [5.74, 6) is 0.884. The molecule has 1 rings (SSSR count). The van der Waals surface area contributed by atoms with Crippen molar-refractivity contribution >= 4 is 17.7 Å². The van der Waals surface area contributed by atoms with Crippen LogP contribution in [0, 0.1) is 0 Å². The van der Waals surface area contributed by atoms with Gasteiger partial charge in [0.2, 0.25) is 0 Å². The summed E-state index contributed by atoms with van der Waals surface area (Å²) in [5, 5.41) is 19.4. The summed E-state index contributed by atoms with van der Waals surface area (Å²) in [5.41, 5.74) is 1.92. The average molecular weight is 423 g/mol. The number of aromatic hydroxyl groups is 1. The van der Waals surface area contributed by atoms with E-state index in [-0.39, 0.29) is 10.8 Å². The zero-order valence-electron chi connectivity index (χ0n) is 19.4. The van der Waals surface area contributed by atoms with Gasteiger partial charge in [0.25, 0.3) is 0 Å². The summed E-state index contributed by atoms with van der Waals surface area (Å²) in [4.78, 5) is 11.7. The first-order valence-corrected chi connectivity index (χ1v) is 12.1. The Morgan fingerprint density at radius 2 is 1.21 bits per heavy atom. The second-order valence-corrected chi connectivity index (χ2v) is 11.4. The molecule has 1 aromatic carbocycles. The summed E-state index contributed by atoms with van der Waals surface area (Å²) < 4.78 is 0. The van der Waals surface area contributed by atoms with Gasteiger partial charge in [0.1, 0.15) is 5.75 Å². The minimum Gasteiger partial charge on any atom is -0.507 e. The van der Waals surface area contributed by atoms with Crippen molar-refractivity contribution in [1.82, 2.24) is 0 Å². The lowest BCUT2D eigenvalue weighted by molar-refractivity contribution is -0.137. The van der Waals surface area contributed by atoms with E-state index in [0.29, 0.717) is 12.2 Å². The van der Waals surface area contributed by atoms with E-state index in [0.717, 1.165) is 36.1 Å². The van der Waals surface area contributed by atoms with Crippen LogP contribution in [0.1, 0.15) is 110 Å². The molecule has 0 saturated carbocycles. The van der Waals surface area contributed by atoms with Gasteiger partial charge in [-0.05, 0) is 41.6 Å². The molecule has 3 nitrogen and oxygen atoms in total. The number of thioether (sulfide) groups is 1. The molecule has 4 heteroatoms. The lowest BCUT2D eigenvalue weighted by Gasteiger charge is -2.28. The van der Waals surface area contributed by atoms with Gasteiger partial charge in [-0.25, -0.2) is 0 Å². The molecule has 0 atom stereocenters. The lowest BCUT2D eigenvalue weighted by atomic mass is 9.79. The first kappa shape index (κ1) is 25.9. The molecular formula is C25H42O3S. The highest BCUT2D eigenvalue weighted by molar-refractivity contribution is 7.99. The third kappa shape index (κ3) is 9.93. The van der Waals surface area contributed by atoms with E-state index in [4.69, 9.17) is 5.11 Å². The van der Waals surface area contributed by atoms with Gasteiger partial charge < -0.3 is 10.2 Å². The Hall–Kier alpha value is -1.16. The Bertz CT molecular complexity index is 603. The van der Waals surface area contributed by atoms with Gasteiger partial charge in [-0.2, -0.15) is 0 Å². The number of unbranched alkanes of at least 4 members (excludes halogenated alkanes) is 7. The SMILES string of the molecule is CC(C)(C)c1cc(SCCCCCCCCCCC(=O)O)cc(C(C)(C)C)c1O. The fourth-order valence-electron chi connectivity index (χ4n) is 3.46. The van der Waals surface area contributed by atoms with Gasteiger partial charge in [-0.15, -0.1) is 11.8 Å². The molecule has 2 N–H and O–H groups in total. The molecule has 0 aromatic heterocycles. The first-order chi connectivity index (χ1) is 13.4. The highest BCUT2D eigenvalue weighted by atomic mass is 32.2. The van der Waals surface area contributed by atoms with Crippen molar-refractivity contribution in [1.29, 1.82) is 0 Å². The van der Waals surface area contributed by atoms with Gasteiger partial charge in [0.15, 0.2) is 0 Å². The molecule has 0 bridgehead atoms. The second kappa shape index (κ2) is 11.9. The maximum absolute atomic E-state index is 10.8. The van der Waals surface area contributed by atoms with E-state index in [2.05, 4.69) is 53.7 Å². The largest absolute Gasteiger partial charge is 0.507 e. The fraction of sp³-hybridized carbons (Fsp3) is 0.720. The molecule has 29 heavy (non-hydrogen) atoms. The van der Waals surface area contributed by atoms with E-state index >= 15 is 0 Å². The van der Waals surface area contributed by atoms with Crippen molar-refractivity contribution in [3.05, 3.63) is 23.3 Å². The highest BCUT2D eigenvalue weighted by Gasteiger charge is 2.26. The Morgan fingerprint density at radius 3 is 1.62 bits per heavy atom. The predicted molar refractivity (Wildman–Crippen MR) is 125 cm³/mol. The molecule has 0 aliphatic rings. The van der Waals surface area contributed by atoms with Crippen molar-refractivity contribution in [2.75, 3.05) is 5.75 Å². The molecule has 0 fully saturated rings. The van der Waals surface area contributed by atoms with Crippen molar-refractivity contribution in [2.24, 2.45) is 0 Å². The molecule has 0 aliphatic heterocycles. The second-order valence-electron chi connectivity index (χ2n) is 10.2. The molecule has 0 radical (unpaired) electrons. The van der Waals surface area contributed by atoms with Gasteiger partial charge >= 0.3 is 5.97 Å². The van der Waals surface area contributed by atoms with Crippen LogP contribution in [0.5, 0.6) is 5.75 Å². The normalized spacial score (nSPS) is 12.3. The summed E-state index contributed by atoms with van der Waals surface area (Å²) in [6, 6.07) is 4.35. The maximum Gasteiger partial charge on any atom is 0.303 e. The highest BCUT2D eigenvalue weighted by Crippen LogP contribution is 2.41. The van der Waals surface area contributed by atoms with Crippen molar-refractivity contribution < 1.29 is 15.0 Å². The van der Waals surface area contributed by atoms with Crippen LogP contribution in [-0.2, 0) is 15.6 Å². The number of benzene rings is 1. The zero-order valence-corrected chi connectivity index (χ0v) is 20.3. The molecule has 0 aliphatic carbocycles. The molecule has 166 valence electrons. The summed E-state index contributed by atoms with van der Waals surface area (Å²) in [6.07, 6.45) is 9.49. The van der Waals surface area contributed by atoms with Crippen molar-refractivity contribution in [3.63, 3.8) is 0 Å². The molecule has 0 spiro atoms. The summed E-state index contributed by atoms with van der Waals surface area (Å²) in [7, 11) is 0. The van der Waals surface area contributed by atoms with E-state index in [9.17, 15) is 9.90 Å². The Kier molecular flexibility index (Phi) is 10.6. The summed E-state index contributed by atoms with van der Waals surface area (Å²) in [6.45, 7) is 12.9. The number of rotatable bonds is 12. The van der Waals surface area contributed by atoms with Crippen LogP contribution in [0.15, 0.2) is 17.0 Å². The van der Waals surface area contributed by atoms with Crippen LogP contribution >= 0.6 is 11.8 Å². The number of aliphatic carboxylic acids is 1. The summed E-state index contributed by atoms with van der Waals surface area (Å²) >= 11 is 1.90. The van der Waals surface area contributed by atoms with Gasteiger partial charge in [-0.1, -0.05) is 80.1 Å². The number of carbonyl (C=O) groups is 1. The molecule has 0 amide bonds. The number of carboxylic acids is 1. The van der Waals surface area contributed by atoms with Crippen LogP contribution in [0.3, 0.4) is 0 Å². The van der Waals surface area contributed by atoms with Crippen LogP contribution in [0.2, 0.25) is 0 Å². The predicted octanol–water partition coefficient (Wildman–Crippen LogP) is 7.67. The minimum atomic E-state index is -0.680. The van der Waals surface area contributed by atoms with E-state index < -0.39 is 5.97 Å². The lowest BCUT2D eigenvalue weighted by Crippen LogP contribution is -2.17. The maximum atomic E-state index is 10.8. The quantitative estimate of drug-likeness (QED) is 0.268. The Labute approximate surface area is 182 Å². The zero-order chi connectivity index (χ0) is 22.1. The fourth-order valence-corrected chi connectivity index (χ4v) is 4.45. The number of hydrogen-bond acceptors (Lipinski definition) is 3. The van der Waals surface area contributed by atoms with Gasteiger partial charge in [0.05, 0.1) is 0 Å². The molecule has 0 unspecified atom stereocenters. The van der Waals surface area contributed by atoms with Gasteiger partial charge in [-0.3, -0.25) is 4.79 Å². The van der Waals surface area contributed by atoms with Crippen molar-refractivity contribution in [3.8, 4) is 5.75 Å². The molecule has 0 saturated heterocycles. The third-order valence-electron chi connectivity index (χ3n) is 5.25. The topological polar surface area (TPSA) is 57.5 Å². The average Bonchev–Trinajstić information content (AvgIpc) is 2.58. The third-order valence-corrected chi connectivity index (χ3v) is 6.32.